The molecule has 7 heteroatoms. The zero-order valence-corrected chi connectivity index (χ0v) is 21.5. The van der Waals surface area contributed by atoms with E-state index in [2.05, 4.69) is 96.4 Å². The van der Waals surface area contributed by atoms with Crippen LogP contribution in [-0.4, -0.2) is 65.1 Å². The van der Waals surface area contributed by atoms with Crippen LogP contribution in [-0.2, 0) is 13.1 Å². The number of hydrogen-bond acceptors (Lipinski definition) is 3. The Balaban J connectivity index is 0.00000306. The maximum Gasteiger partial charge on any atom is 0.194 e. The molecule has 1 aliphatic rings. The van der Waals surface area contributed by atoms with Crippen molar-refractivity contribution in [2.45, 2.75) is 13.1 Å². The van der Waals surface area contributed by atoms with Gasteiger partial charge in [-0.15, -0.1) is 24.0 Å². The van der Waals surface area contributed by atoms with E-state index in [9.17, 15) is 0 Å². The fourth-order valence-corrected chi connectivity index (χ4v) is 3.91. The summed E-state index contributed by atoms with van der Waals surface area (Å²) in [6.07, 6.45) is 10.1. The van der Waals surface area contributed by atoms with E-state index in [1.54, 1.807) is 0 Å². The monoisotopic (exact) mass is 556 g/mol. The molecule has 0 radical (unpaired) electrons. The molecule has 0 bridgehead atoms. The largest absolute Gasteiger partial charge is 0.352 e. The molecule has 3 aromatic rings. The van der Waals surface area contributed by atoms with Crippen molar-refractivity contribution < 1.29 is 0 Å². The third-order valence-electron chi connectivity index (χ3n) is 5.76. The molecule has 0 amide bonds. The van der Waals surface area contributed by atoms with Gasteiger partial charge in [0.1, 0.15) is 0 Å². The molecule has 1 fully saturated rings. The van der Waals surface area contributed by atoms with E-state index in [1.807, 2.05) is 25.8 Å². The van der Waals surface area contributed by atoms with Crippen LogP contribution in [0.5, 0.6) is 0 Å². The third-order valence-corrected chi connectivity index (χ3v) is 5.76. The number of rotatable bonds is 7. The number of nitrogens with zero attached hydrogens (tertiary/aromatic N) is 5. The Hall–Kier alpha value is -2.65. The lowest BCUT2D eigenvalue weighted by molar-refractivity contribution is 0.194. The number of guanidine groups is 1. The minimum absolute atomic E-state index is 0. The molecule has 1 aliphatic heterocycles. The number of aliphatic imine (C=N–C) groups is 1. The normalized spacial score (nSPS) is 14.9. The lowest BCUT2D eigenvalue weighted by atomic mass is 10.1. The summed E-state index contributed by atoms with van der Waals surface area (Å²) in [4.78, 5) is 13.4. The molecular weight excluding hydrogens is 523 g/mol. The Kier molecular flexibility index (Phi) is 9.96. The van der Waals surface area contributed by atoms with Crippen molar-refractivity contribution in [1.29, 1.82) is 0 Å². The van der Waals surface area contributed by atoms with Gasteiger partial charge in [0.2, 0.25) is 0 Å². The lowest BCUT2D eigenvalue weighted by Gasteiger charge is -2.36. The Morgan fingerprint density at radius 1 is 1.00 bits per heavy atom. The molecule has 1 saturated heterocycles. The second kappa shape index (κ2) is 13.2. The minimum atomic E-state index is 0. The first-order chi connectivity index (χ1) is 15.8. The first-order valence-electron chi connectivity index (χ1n) is 11.2. The van der Waals surface area contributed by atoms with Gasteiger partial charge in [0.05, 0.1) is 6.33 Å². The van der Waals surface area contributed by atoms with Gasteiger partial charge < -0.3 is 14.8 Å². The molecule has 0 spiro atoms. The van der Waals surface area contributed by atoms with Crippen LogP contribution in [0.15, 0.2) is 84.4 Å². The Labute approximate surface area is 214 Å². The molecule has 6 nitrogen and oxygen atoms in total. The number of imidazole rings is 1. The quantitative estimate of drug-likeness (QED) is 0.272. The summed E-state index contributed by atoms with van der Waals surface area (Å²) in [5, 5.41) is 3.53. The van der Waals surface area contributed by atoms with Gasteiger partial charge in [-0.25, -0.2) is 4.98 Å². The highest BCUT2D eigenvalue weighted by atomic mass is 127. The molecule has 0 unspecified atom stereocenters. The van der Waals surface area contributed by atoms with Crippen LogP contribution < -0.4 is 5.32 Å². The number of nitrogens with one attached hydrogen (secondary N) is 1. The Morgan fingerprint density at radius 2 is 1.73 bits per heavy atom. The van der Waals surface area contributed by atoms with Gasteiger partial charge in [-0.05, 0) is 16.7 Å². The second-order valence-electron chi connectivity index (χ2n) is 8.05. The van der Waals surface area contributed by atoms with Crippen LogP contribution in [0.25, 0.3) is 6.08 Å². The van der Waals surface area contributed by atoms with Crippen molar-refractivity contribution >= 4 is 36.0 Å². The topological polar surface area (TPSA) is 48.7 Å². The van der Waals surface area contributed by atoms with E-state index < -0.39 is 0 Å². The number of benzene rings is 2. The predicted molar refractivity (Wildman–Crippen MR) is 147 cm³/mol. The van der Waals surface area contributed by atoms with Crippen molar-refractivity contribution in [3.05, 3.63) is 96.1 Å². The van der Waals surface area contributed by atoms with Crippen LogP contribution in [0.1, 0.15) is 16.7 Å². The molecule has 33 heavy (non-hydrogen) atoms. The van der Waals surface area contributed by atoms with Crippen LogP contribution >= 0.6 is 24.0 Å². The molecular formula is C26H33IN6. The van der Waals surface area contributed by atoms with Crippen molar-refractivity contribution in [2.24, 2.45) is 4.99 Å². The molecule has 174 valence electrons. The molecule has 1 aromatic heterocycles. The maximum absolute atomic E-state index is 4.51. The van der Waals surface area contributed by atoms with Crippen molar-refractivity contribution in [3.63, 3.8) is 0 Å². The number of hydrogen-bond donors (Lipinski definition) is 1. The zero-order valence-electron chi connectivity index (χ0n) is 19.2. The summed E-state index contributed by atoms with van der Waals surface area (Å²) < 4.78 is 2.08. The summed E-state index contributed by atoms with van der Waals surface area (Å²) in [6, 6.07) is 19.2. The van der Waals surface area contributed by atoms with E-state index >= 15 is 0 Å². The van der Waals surface area contributed by atoms with Crippen LogP contribution in [0.3, 0.4) is 0 Å². The maximum atomic E-state index is 4.51. The third kappa shape index (κ3) is 7.71. The highest BCUT2D eigenvalue weighted by Crippen LogP contribution is 2.08. The van der Waals surface area contributed by atoms with Gasteiger partial charge in [-0.3, -0.25) is 9.89 Å². The SMILES string of the molecule is CN=C(NCc1ccc(Cn2ccnc2)cc1)N1CCN(C/C=C/c2ccccc2)CC1.I. The van der Waals surface area contributed by atoms with E-state index in [0.29, 0.717) is 0 Å². The van der Waals surface area contributed by atoms with Crippen LogP contribution in [0, 0.1) is 0 Å². The summed E-state index contributed by atoms with van der Waals surface area (Å²) in [5.41, 5.74) is 3.78. The molecule has 2 aromatic carbocycles. The lowest BCUT2D eigenvalue weighted by Crippen LogP contribution is -2.52. The van der Waals surface area contributed by atoms with Crippen molar-refractivity contribution in [3.8, 4) is 0 Å². The molecule has 4 rings (SSSR count). The molecule has 0 saturated carbocycles. The van der Waals surface area contributed by atoms with E-state index in [-0.39, 0.29) is 24.0 Å². The van der Waals surface area contributed by atoms with Gasteiger partial charge in [0.25, 0.3) is 0 Å². The van der Waals surface area contributed by atoms with Crippen molar-refractivity contribution in [2.75, 3.05) is 39.8 Å². The average molecular weight is 556 g/mol. The van der Waals surface area contributed by atoms with E-state index in [0.717, 1.165) is 51.8 Å². The summed E-state index contributed by atoms with van der Waals surface area (Å²) in [5.74, 6) is 0.979. The van der Waals surface area contributed by atoms with Gasteiger partial charge in [-0.1, -0.05) is 66.7 Å². The smallest absolute Gasteiger partial charge is 0.194 e. The molecule has 2 heterocycles. The van der Waals surface area contributed by atoms with E-state index in [1.165, 1.54) is 16.7 Å². The predicted octanol–water partition coefficient (Wildman–Crippen LogP) is 3.96. The summed E-state index contributed by atoms with van der Waals surface area (Å²) in [7, 11) is 1.87. The molecule has 1 N–H and O–H groups in total. The second-order valence-corrected chi connectivity index (χ2v) is 8.05. The first kappa shape index (κ1) is 25.0. The van der Waals surface area contributed by atoms with E-state index in [4.69, 9.17) is 0 Å². The zero-order chi connectivity index (χ0) is 22.0. The minimum Gasteiger partial charge on any atom is -0.352 e. The fourth-order valence-electron chi connectivity index (χ4n) is 3.91. The standard InChI is InChI=1S/C26H32N6.HI/c1-27-26(29-20-24-9-11-25(12-10-24)21-31-15-13-28-22-31)32-18-16-30(17-19-32)14-5-8-23-6-3-2-4-7-23;/h2-13,15,22H,14,16-21H2,1H3,(H,27,29);1H/b8-5+;. The van der Waals surface area contributed by atoms with Crippen LogP contribution in [0.4, 0.5) is 0 Å². The number of piperazine rings is 1. The molecule has 0 atom stereocenters. The van der Waals surface area contributed by atoms with Gasteiger partial charge >= 0.3 is 0 Å². The molecule has 0 aliphatic carbocycles. The fraction of sp³-hybridized carbons (Fsp3) is 0.308. The Bertz CT molecular complexity index is 991. The highest BCUT2D eigenvalue weighted by molar-refractivity contribution is 14.0. The van der Waals surface area contributed by atoms with Crippen LogP contribution in [0.2, 0.25) is 0 Å². The summed E-state index contributed by atoms with van der Waals surface area (Å²) >= 11 is 0. The number of aromatic nitrogens is 2. The van der Waals surface area contributed by atoms with Gasteiger partial charge in [0.15, 0.2) is 5.96 Å². The summed E-state index contributed by atoms with van der Waals surface area (Å²) in [6.45, 7) is 6.68. The van der Waals surface area contributed by atoms with Gasteiger partial charge in [-0.2, -0.15) is 0 Å². The first-order valence-corrected chi connectivity index (χ1v) is 11.2. The Morgan fingerprint density at radius 3 is 2.39 bits per heavy atom. The van der Waals surface area contributed by atoms with Gasteiger partial charge in [0, 0.05) is 65.3 Å². The average Bonchev–Trinajstić information content (AvgIpc) is 3.35. The number of halogens is 1. The van der Waals surface area contributed by atoms with Crippen molar-refractivity contribution in [1.82, 2.24) is 24.7 Å². The highest BCUT2D eigenvalue weighted by Gasteiger charge is 2.18.